The summed E-state index contributed by atoms with van der Waals surface area (Å²) in [4.78, 5) is 26.0. The van der Waals surface area contributed by atoms with Crippen LogP contribution in [0.1, 0.15) is 33.6 Å². The summed E-state index contributed by atoms with van der Waals surface area (Å²) >= 11 is 3.39. The summed E-state index contributed by atoms with van der Waals surface area (Å²) in [7, 11) is 0. The molecule has 1 aliphatic heterocycles. The Kier molecular flexibility index (Phi) is 5.09. The minimum atomic E-state index is -0.520. The molecule has 2 heterocycles. The number of hydrogen-bond donors (Lipinski definition) is 1. The number of allylic oxidation sites excluding steroid dienone is 4. The molecule has 2 aliphatic carbocycles. The lowest BCUT2D eigenvalue weighted by Gasteiger charge is -2.44. The van der Waals surface area contributed by atoms with Gasteiger partial charge in [0, 0.05) is 19.6 Å². The number of hydrogen-bond acceptors (Lipinski definition) is 6. The third kappa shape index (κ3) is 3.99. The van der Waals surface area contributed by atoms with Crippen molar-refractivity contribution >= 4 is 33.7 Å². The molecule has 3 aliphatic rings. The maximum atomic E-state index is 13.1. The predicted molar refractivity (Wildman–Crippen MR) is 117 cm³/mol. The minimum Gasteiger partial charge on any atom is -0.444 e. The van der Waals surface area contributed by atoms with E-state index in [2.05, 4.69) is 55.1 Å². The largest absolute Gasteiger partial charge is 0.444 e. The number of ether oxygens (including phenoxy) is 1. The number of halogens is 1. The van der Waals surface area contributed by atoms with Crippen molar-refractivity contribution in [1.29, 1.82) is 0 Å². The number of carbonyl (C=O) groups is 1. The summed E-state index contributed by atoms with van der Waals surface area (Å²) in [6.45, 7) is 7.62. The second kappa shape index (κ2) is 7.31. The molecule has 1 saturated carbocycles. The van der Waals surface area contributed by atoms with E-state index >= 15 is 0 Å². The molecule has 2 fully saturated rings. The smallest absolute Gasteiger partial charge is 0.410 e. The Morgan fingerprint density at radius 1 is 1.34 bits per heavy atom. The fourth-order valence-corrected chi connectivity index (χ4v) is 4.84. The molecule has 7 nitrogen and oxygen atoms in total. The fourth-order valence-electron chi connectivity index (χ4n) is 4.57. The number of rotatable bonds is 2. The molecule has 1 unspecified atom stereocenters. The van der Waals surface area contributed by atoms with Gasteiger partial charge in [-0.1, -0.05) is 24.3 Å². The van der Waals surface area contributed by atoms with Crippen molar-refractivity contribution < 1.29 is 9.53 Å². The van der Waals surface area contributed by atoms with Crippen LogP contribution in [0.15, 0.2) is 35.1 Å². The van der Waals surface area contributed by atoms with E-state index in [0.717, 1.165) is 12.8 Å². The molecule has 0 bridgehead atoms. The quantitative estimate of drug-likeness (QED) is 0.721. The Morgan fingerprint density at radius 2 is 2.14 bits per heavy atom. The summed E-state index contributed by atoms with van der Waals surface area (Å²) in [6, 6.07) is 0. The molecule has 3 atom stereocenters. The van der Waals surface area contributed by atoms with Crippen LogP contribution in [0.5, 0.6) is 0 Å². The number of carbonyl (C=O) groups excluding carboxylic acids is 1. The van der Waals surface area contributed by atoms with Crippen molar-refractivity contribution in [1.82, 2.24) is 14.9 Å². The molecule has 156 valence electrons. The van der Waals surface area contributed by atoms with Crippen LogP contribution in [0, 0.1) is 11.8 Å². The van der Waals surface area contributed by atoms with Crippen LogP contribution < -0.4 is 10.6 Å². The van der Waals surface area contributed by atoms with Crippen LogP contribution in [0.2, 0.25) is 0 Å². The number of nitrogen functional groups attached to an aromatic ring is 1. The Labute approximate surface area is 180 Å². The standard InChI is InChI=1S/C21H28BrN5O2/c1-20(2,3)29-19(28)27-10-9-26(18-17(23)24-12-16(22)25-18)13-21(27)11-15(21)14-7-5-4-6-8-14/h4-7,12,14-15H,8-11,13H2,1-3H3,(H2,23,24)/t14?,15-,21+/m1/s1. The van der Waals surface area contributed by atoms with Crippen LogP contribution in [0.4, 0.5) is 16.4 Å². The van der Waals surface area contributed by atoms with Crippen molar-refractivity contribution in [2.45, 2.75) is 44.8 Å². The molecule has 0 radical (unpaired) electrons. The van der Waals surface area contributed by atoms with Gasteiger partial charge in [0.1, 0.15) is 10.2 Å². The zero-order chi connectivity index (χ0) is 20.8. The highest BCUT2D eigenvalue weighted by molar-refractivity contribution is 9.10. The zero-order valence-corrected chi connectivity index (χ0v) is 18.7. The molecule has 2 N–H and O–H groups in total. The number of nitrogens with two attached hydrogens (primary N) is 1. The number of amides is 1. The second-order valence-corrected chi connectivity index (χ2v) is 9.89. The average molecular weight is 462 g/mol. The maximum Gasteiger partial charge on any atom is 0.410 e. The summed E-state index contributed by atoms with van der Waals surface area (Å²) in [6.07, 6.45) is 12.0. The lowest BCUT2D eigenvalue weighted by molar-refractivity contribution is 0.00747. The molecule has 1 aromatic heterocycles. The monoisotopic (exact) mass is 461 g/mol. The van der Waals surface area contributed by atoms with E-state index in [1.165, 1.54) is 0 Å². The Bertz CT molecular complexity index is 865. The van der Waals surface area contributed by atoms with Gasteiger partial charge in [-0.25, -0.2) is 14.8 Å². The number of piperazine rings is 1. The molecule has 1 saturated heterocycles. The lowest BCUT2D eigenvalue weighted by Crippen LogP contribution is -2.59. The van der Waals surface area contributed by atoms with Gasteiger partial charge >= 0.3 is 6.09 Å². The summed E-state index contributed by atoms with van der Waals surface area (Å²) in [5, 5.41) is 0. The van der Waals surface area contributed by atoms with Gasteiger partial charge in [0.2, 0.25) is 0 Å². The number of nitrogens with zero attached hydrogens (tertiary/aromatic N) is 4. The van der Waals surface area contributed by atoms with Crippen LogP contribution in [0.3, 0.4) is 0 Å². The van der Waals surface area contributed by atoms with Crippen LogP contribution in [0.25, 0.3) is 0 Å². The van der Waals surface area contributed by atoms with E-state index < -0.39 is 5.60 Å². The highest BCUT2D eigenvalue weighted by Crippen LogP contribution is 2.56. The molecule has 0 aromatic carbocycles. The van der Waals surface area contributed by atoms with Gasteiger partial charge in [-0.15, -0.1) is 0 Å². The van der Waals surface area contributed by atoms with Crippen molar-refractivity contribution in [2.75, 3.05) is 30.3 Å². The summed E-state index contributed by atoms with van der Waals surface area (Å²) < 4.78 is 6.40. The van der Waals surface area contributed by atoms with E-state index in [1.807, 2.05) is 25.7 Å². The SMILES string of the molecule is CC(C)(C)OC(=O)N1CCN(c2nc(Br)cnc2N)C[C@]12C[C@@H]2C1C=CC=CC1. The molecule has 8 heteroatoms. The number of anilines is 2. The van der Waals surface area contributed by atoms with E-state index in [0.29, 0.717) is 47.7 Å². The second-order valence-electron chi connectivity index (χ2n) is 9.08. The highest BCUT2D eigenvalue weighted by Gasteiger charge is 2.64. The van der Waals surface area contributed by atoms with E-state index in [9.17, 15) is 4.79 Å². The third-order valence-corrected chi connectivity index (χ3v) is 6.28. The van der Waals surface area contributed by atoms with Gasteiger partial charge < -0.3 is 15.4 Å². The predicted octanol–water partition coefficient (Wildman–Crippen LogP) is 3.77. The first kappa shape index (κ1) is 20.2. The summed E-state index contributed by atoms with van der Waals surface area (Å²) in [5.41, 5.74) is 5.34. The number of aromatic nitrogens is 2. The van der Waals surface area contributed by atoms with Gasteiger partial charge in [-0.05, 0) is 61.4 Å². The Balaban J connectivity index is 1.61. The summed E-state index contributed by atoms with van der Waals surface area (Å²) in [5.74, 6) is 1.90. The molecule has 1 spiro atoms. The van der Waals surface area contributed by atoms with Crippen LogP contribution >= 0.6 is 15.9 Å². The van der Waals surface area contributed by atoms with E-state index in [-0.39, 0.29) is 11.6 Å². The zero-order valence-electron chi connectivity index (χ0n) is 17.1. The normalized spacial score (nSPS) is 28.7. The van der Waals surface area contributed by atoms with Gasteiger partial charge in [-0.3, -0.25) is 4.90 Å². The van der Waals surface area contributed by atoms with Gasteiger partial charge in [0.05, 0.1) is 11.7 Å². The molecular formula is C21H28BrN5O2. The first-order chi connectivity index (χ1) is 13.7. The topological polar surface area (TPSA) is 84.6 Å². The van der Waals surface area contributed by atoms with Crippen molar-refractivity contribution in [3.8, 4) is 0 Å². The van der Waals surface area contributed by atoms with Gasteiger partial charge in [-0.2, -0.15) is 0 Å². The first-order valence-electron chi connectivity index (χ1n) is 10.1. The van der Waals surface area contributed by atoms with Crippen molar-refractivity contribution in [3.05, 3.63) is 35.1 Å². The average Bonchev–Trinajstić information content (AvgIpc) is 3.36. The third-order valence-electron chi connectivity index (χ3n) is 5.90. The van der Waals surface area contributed by atoms with Crippen molar-refractivity contribution in [2.24, 2.45) is 11.8 Å². The molecule has 4 rings (SSSR count). The van der Waals surface area contributed by atoms with Crippen molar-refractivity contribution in [3.63, 3.8) is 0 Å². The van der Waals surface area contributed by atoms with E-state index in [1.54, 1.807) is 6.20 Å². The fraction of sp³-hybridized carbons (Fsp3) is 0.571. The van der Waals surface area contributed by atoms with Crippen LogP contribution in [-0.2, 0) is 4.74 Å². The Morgan fingerprint density at radius 3 is 2.83 bits per heavy atom. The van der Waals surface area contributed by atoms with Gasteiger partial charge in [0.25, 0.3) is 0 Å². The maximum absolute atomic E-state index is 13.1. The first-order valence-corrected chi connectivity index (χ1v) is 10.9. The molecule has 1 aromatic rings. The van der Waals surface area contributed by atoms with Crippen LogP contribution in [-0.4, -0.2) is 51.7 Å². The lowest BCUT2D eigenvalue weighted by atomic mass is 9.91. The molecule has 1 amide bonds. The highest BCUT2D eigenvalue weighted by atomic mass is 79.9. The molecular weight excluding hydrogens is 434 g/mol. The van der Waals surface area contributed by atoms with Gasteiger partial charge in [0.15, 0.2) is 11.6 Å². The Hall–Kier alpha value is -2.09. The minimum absolute atomic E-state index is 0.233. The van der Waals surface area contributed by atoms with E-state index in [4.69, 9.17) is 10.5 Å². The molecule has 29 heavy (non-hydrogen) atoms.